The van der Waals surface area contributed by atoms with Crippen molar-refractivity contribution in [3.8, 4) is 0 Å². The van der Waals surface area contributed by atoms with E-state index in [0.717, 1.165) is 49.4 Å². The largest absolute Gasteiger partial charge is 0.446 e. The number of fused-ring (bicyclic) bond motifs is 1. The van der Waals surface area contributed by atoms with Gasteiger partial charge in [-0.15, -0.1) is 0 Å². The maximum absolute atomic E-state index is 12.4. The van der Waals surface area contributed by atoms with Gasteiger partial charge < -0.3 is 15.1 Å². The highest BCUT2D eigenvalue weighted by atomic mass is 35.5. The summed E-state index contributed by atoms with van der Waals surface area (Å²) in [6, 6.07) is 8.48. The number of benzene rings is 1. The molecule has 2 aromatic heterocycles. The van der Waals surface area contributed by atoms with Crippen LogP contribution >= 0.6 is 23.2 Å². The Morgan fingerprint density at radius 2 is 1.79 bits per heavy atom. The molecule has 2 aliphatic rings. The van der Waals surface area contributed by atoms with Gasteiger partial charge in [-0.25, -0.2) is 4.98 Å². The van der Waals surface area contributed by atoms with E-state index >= 15 is 0 Å². The van der Waals surface area contributed by atoms with Gasteiger partial charge in [-0.2, -0.15) is 0 Å². The average molecular weight is 567 g/mol. The van der Waals surface area contributed by atoms with E-state index in [1.807, 2.05) is 32.2 Å². The molecule has 1 aliphatic carbocycles. The van der Waals surface area contributed by atoms with Gasteiger partial charge in [0, 0.05) is 45.0 Å². The second-order valence-corrected chi connectivity index (χ2v) is 10.2. The topological polar surface area (TPSA) is 92.4 Å². The van der Waals surface area contributed by atoms with Crippen LogP contribution in [0.2, 0.25) is 10.0 Å². The van der Waals surface area contributed by atoms with Gasteiger partial charge >= 0.3 is 0 Å². The molecule has 39 heavy (non-hydrogen) atoms. The number of aryl methyl sites for hydroxylation is 2. The summed E-state index contributed by atoms with van der Waals surface area (Å²) >= 11 is 12.1. The fourth-order valence-electron chi connectivity index (χ4n) is 4.45. The molecule has 0 bridgehead atoms. The van der Waals surface area contributed by atoms with E-state index in [-0.39, 0.29) is 27.6 Å². The monoisotopic (exact) mass is 565 g/mol. The number of amides is 1. The number of aliphatic imine (C=N–C) groups is 1. The molecule has 2 N–H and O–H groups in total. The number of aromatic nitrogens is 2. The standard InChI is InChI=1S/C24H24Cl2N4O.C6H9NO/c25-19-14-27-15-20(26)22(19)24(31)30-13-17-9-7-16(8-10-17)12-29-21-6-3-5-18-4-1-2-11-28-23(18)21;1-3-6-4-7-5(2)8-6/h2,4,7-11,14-15,21,29H,1,3,5-6,12-13H2,(H,30,31);4H,3H2,1-2H3. The number of hydrogen-bond acceptors (Lipinski definition) is 6. The van der Waals surface area contributed by atoms with E-state index in [0.29, 0.717) is 6.54 Å². The Labute approximate surface area is 239 Å². The Morgan fingerprint density at radius 3 is 2.44 bits per heavy atom. The lowest BCUT2D eigenvalue weighted by molar-refractivity contribution is 0.0951. The van der Waals surface area contributed by atoms with E-state index < -0.39 is 0 Å². The summed E-state index contributed by atoms with van der Waals surface area (Å²) in [7, 11) is 0. The molecule has 1 atom stereocenters. The van der Waals surface area contributed by atoms with Crippen molar-refractivity contribution in [1.82, 2.24) is 20.6 Å². The molecule has 204 valence electrons. The van der Waals surface area contributed by atoms with Crippen molar-refractivity contribution in [1.29, 1.82) is 0 Å². The first-order chi connectivity index (χ1) is 18.9. The van der Waals surface area contributed by atoms with E-state index in [2.05, 4.69) is 49.9 Å². The fourth-order valence-corrected chi connectivity index (χ4v) is 4.99. The number of hydrogen-bond donors (Lipinski definition) is 2. The molecule has 0 radical (unpaired) electrons. The van der Waals surface area contributed by atoms with Crippen LogP contribution in [0.3, 0.4) is 0 Å². The van der Waals surface area contributed by atoms with Crippen LogP contribution in [0.1, 0.15) is 65.7 Å². The number of carbonyl (C=O) groups excluding carboxylic acids is 1. The number of carbonyl (C=O) groups is 1. The van der Waals surface area contributed by atoms with Crippen molar-refractivity contribution in [3.63, 3.8) is 0 Å². The first-order valence-corrected chi connectivity index (χ1v) is 13.9. The summed E-state index contributed by atoms with van der Waals surface area (Å²) in [6.07, 6.45) is 16.2. The molecule has 9 heteroatoms. The molecule has 1 unspecified atom stereocenters. The Morgan fingerprint density at radius 1 is 1.08 bits per heavy atom. The van der Waals surface area contributed by atoms with E-state index in [1.165, 1.54) is 35.7 Å². The lowest BCUT2D eigenvalue weighted by Gasteiger charge is -2.27. The van der Waals surface area contributed by atoms with Crippen LogP contribution in [0.25, 0.3) is 0 Å². The van der Waals surface area contributed by atoms with Crippen LogP contribution < -0.4 is 10.6 Å². The van der Waals surface area contributed by atoms with Gasteiger partial charge in [0.05, 0.1) is 33.6 Å². The molecule has 0 spiro atoms. The van der Waals surface area contributed by atoms with Crippen molar-refractivity contribution >= 4 is 34.8 Å². The number of oxazole rings is 1. The van der Waals surface area contributed by atoms with Gasteiger partial charge in [0.25, 0.3) is 5.91 Å². The molecule has 1 saturated carbocycles. The zero-order chi connectivity index (χ0) is 27.6. The van der Waals surface area contributed by atoms with E-state index in [9.17, 15) is 4.79 Å². The van der Waals surface area contributed by atoms with Crippen molar-refractivity contribution in [3.05, 3.63) is 105 Å². The maximum atomic E-state index is 12.4. The Hall–Kier alpha value is -3.26. The summed E-state index contributed by atoms with van der Waals surface area (Å²) in [5.41, 5.74) is 5.01. The number of halogens is 2. The summed E-state index contributed by atoms with van der Waals surface area (Å²) < 4.78 is 5.12. The van der Waals surface area contributed by atoms with Crippen molar-refractivity contribution in [2.75, 3.05) is 0 Å². The van der Waals surface area contributed by atoms with Crippen molar-refractivity contribution < 1.29 is 9.21 Å². The zero-order valence-corrected chi connectivity index (χ0v) is 23.7. The first-order valence-electron chi connectivity index (χ1n) is 13.2. The first kappa shape index (κ1) is 28.7. The van der Waals surface area contributed by atoms with E-state index in [1.54, 1.807) is 6.20 Å². The number of nitrogens with one attached hydrogen (secondary N) is 2. The highest BCUT2D eigenvalue weighted by molar-refractivity contribution is 6.39. The van der Waals surface area contributed by atoms with Crippen LogP contribution in [-0.4, -0.2) is 27.6 Å². The minimum absolute atomic E-state index is 0.237. The maximum Gasteiger partial charge on any atom is 0.254 e. The van der Waals surface area contributed by atoms with Crippen LogP contribution in [-0.2, 0) is 19.5 Å². The normalized spacial score (nSPS) is 16.3. The minimum Gasteiger partial charge on any atom is -0.446 e. The summed E-state index contributed by atoms with van der Waals surface area (Å²) in [5.74, 6) is 1.40. The predicted octanol–water partition coefficient (Wildman–Crippen LogP) is 6.79. The van der Waals surface area contributed by atoms with Gasteiger partial charge in [-0.05, 0) is 42.4 Å². The molecule has 3 aromatic rings. The molecule has 5 rings (SSSR count). The third-order valence-corrected chi connectivity index (χ3v) is 7.12. The molecule has 1 fully saturated rings. The second-order valence-electron chi connectivity index (χ2n) is 9.37. The molecule has 7 nitrogen and oxygen atoms in total. The summed E-state index contributed by atoms with van der Waals surface area (Å²) in [5, 5.41) is 6.99. The SMILES string of the molecule is CCc1cnc(C)o1.O=C(NCc1ccc(CNC2CCCC3=CCC=CN=C32)cc1)c1c(Cl)cncc1Cl. The number of pyridine rings is 1. The molecule has 3 heterocycles. The van der Waals surface area contributed by atoms with Crippen LogP contribution in [0, 0.1) is 6.92 Å². The number of allylic oxidation sites excluding steroid dienone is 2. The van der Waals surface area contributed by atoms with E-state index in [4.69, 9.17) is 27.6 Å². The second kappa shape index (κ2) is 14.2. The molecule has 1 aromatic carbocycles. The number of rotatable bonds is 7. The van der Waals surface area contributed by atoms with Gasteiger partial charge in [0.2, 0.25) is 0 Å². The van der Waals surface area contributed by atoms with Crippen LogP contribution in [0.4, 0.5) is 0 Å². The highest BCUT2D eigenvalue weighted by Gasteiger charge is 2.24. The van der Waals surface area contributed by atoms with Gasteiger partial charge in [-0.1, -0.05) is 66.5 Å². The third-order valence-electron chi connectivity index (χ3n) is 6.54. The predicted molar refractivity (Wildman–Crippen MR) is 156 cm³/mol. The highest BCUT2D eigenvalue weighted by Crippen LogP contribution is 2.25. The summed E-state index contributed by atoms with van der Waals surface area (Å²) in [6.45, 7) is 5.05. The summed E-state index contributed by atoms with van der Waals surface area (Å²) in [4.78, 5) is 24.9. The lowest BCUT2D eigenvalue weighted by Crippen LogP contribution is -2.39. The quantitative estimate of drug-likeness (QED) is 0.329. The fraction of sp³-hybridized carbons (Fsp3) is 0.333. The number of nitrogens with zero attached hydrogens (tertiary/aromatic N) is 3. The molecular formula is C30H33Cl2N5O2. The van der Waals surface area contributed by atoms with Crippen molar-refractivity contribution in [2.45, 2.75) is 65.1 Å². The molecule has 1 amide bonds. The lowest BCUT2D eigenvalue weighted by atomic mass is 9.88. The molecule has 1 aliphatic heterocycles. The van der Waals surface area contributed by atoms with Crippen LogP contribution in [0.15, 0.2) is 76.2 Å². The Balaban J connectivity index is 0.000000379. The third kappa shape index (κ3) is 8.12. The van der Waals surface area contributed by atoms with Crippen LogP contribution in [0.5, 0.6) is 0 Å². The molecular weight excluding hydrogens is 533 g/mol. The zero-order valence-electron chi connectivity index (χ0n) is 22.2. The Bertz CT molecular complexity index is 1340. The van der Waals surface area contributed by atoms with Crippen molar-refractivity contribution in [2.24, 2.45) is 4.99 Å². The minimum atomic E-state index is -0.317. The molecule has 0 saturated heterocycles. The van der Waals surface area contributed by atoms with Gasteiger partial charge in [0.1, 0.15) is 5.76 Å². The average Bonchev–Trinajstić information content (AvgIpc) is 3.22. The smallest absolute Gasteiger partial charge is 0.254 e. The van der Waals surface area contributed by atoms with Gasteiger partial charge in [-0.3, -0.25) is 14.8 Å². The Kier molecular flexibility index (Phi) is 10.5. The van der Waals surface area contributed by atoms with Gasteiger partial charge in [0.15, 0.2) is 5.89 Å².